The van der Waals surface area contributed by atoms with Crippen molar-refractivity contribution in [2.45, 2.75) is 40.3 Å². The van der Waals surface area contributed by atoms with Gasteiger partial charge in [0.2, 0.25) is 21.8 Å². The molecule has 0 aliphatic rings. The monoisotopic (exact) mass is 493 g/mol. The maximum absolute atomic E-state index is 13.4. The first-order valence-corrected chi connectivity index (χ1v) is 13.0. The molecule has 2 aromatic carbocycles. The van der Waals surface area contributed by atoms with Crippen molar-refractivity contribution < 1.29 is 18.0 Å². The molecule has 0 aromatic heterocycles. The van der Waals surface area contributed by atoms with E-state index in [0.717, 1.165) is 21.7 Å². The standard InChI is InChI=1S/C24H32ClN3O4S/c1-17(2)14-26-24(30)19(4)27(15-20-11-9-18(3)10-12-20)23(29)16-28(33(5,31)32)22-8-6-7-21(25)13-22/h6-13,17,19H,14-16H2,1-5H3,(H,26,30). The second kappa shape index (κ2) is 11.5. The van der Waals surface area contributed by atoms with E-state index in [0.29, 0.717) is 11.6 Å². The number of sulfonamides is 1. The van der Waals surface area contributed by atoms with Crippen molar-refractivity contribution in [1.29, 1.82) is 0 Å². The van der Waals surface area contributed by atoms with Crippen LogP contribution in [0.15, 0.2) is 48.5 Å². The number of rotatable bonds is 10. The summed E-state index contributed by atoms with van der Waals surface area (Å²) in [6.45, 7) is 7.77. The van der Waals surface area contributed by atoms with Gasteiger partial charge in [0.05, 0.1) is 11.9 Å². The Kier molecular flexibility index (Phi) is 9.31. The summed E-state index contributed by atoms with van der Waals surface area (Å²) in [5, 5.41) is 3.21. The van der Waals surface area contributed by atoms with Crippen LogP contribution in [0.4, 0.5) is 5.69 Å². The minimum atomic E-state index is -3.78. The molecule has 1 atom stereocenters. The number of anilines is 1. The number of amides is 2. The zero-order valence-electron chi connectivity index (χ0n) is 19.7. The lowest BCUT2D eigenvalue weighted by molar-refractivity contribution is -0.139. The Bertz CT molecular complexity index is 1070. The third kappa shape index (κ3) is 8.05. The molecule has 33 heavy (non-hydrogen) atoms. The molecule has 1 unspecified atom stereocenters. The molecule has 0 fully saturated rings. The highest BCUT2D eigenvalue weighted by Gasteiger charge is 2.30. The van der Waals surface area contributed by atoms with Gasteiger partial charge in [0.25, 0.3) is 0 Å². The van der Waals surface area contributed by atoms with Gasteiger partial charge in [-0.25, -0.2) is 8.42 Å². The maximum atomic E-state index is 13.4. The second-order valence-electron chi connectivity index (χ2n) is 8.57. The highest BCUT2D eigenvalue weighted by atomic mass is 35.5. The third-order valence-electron chi connectivity index (χ3n) is 5.10. The van der Waals surface area contributed by atoms with Crippen LogP contribution < -0.4 is 9.62 Å². The molecule has 0 aliphatic heterocycles. The second-order valence-corrected chi connectivity index (χ2v) is 10.9. The van der Waals surface area contributed by atoms with Gasteiger partial charge in [-0.2, -0.15) is 0 Å². The number of carbonyl (C=O) groups is 2. The number of aryl methyl sites for hydroxylation is 1. The van der Waals surface area contributed by atoms with E-state index in [1.807, 2.05) is 45.0 Å². The smallest absolute Gasteiger partial charge is 0.244 e. The zero-order chi connectivity index (χ0) is 24.8. The first-order valence-electron chi connectivity index (χ1n) is 10.7. The quantitative estimate of drug-likeness (QED) is 0.547. The summed E-state index contributed by atoms with van der Waals surface area (Å²) in [4.78, 5) is 27.6. The average Bonchev–Trinajstić information content (AvgIpc) is 2.73. The molecular weight excluding hydrogens is 462 g/mol. The highest BCUT2D eigenvalue weighted by Crippen LogP contribution is 2.22. The van der Waals surface area contributed by atoms with Crippen LogP contribution in [-0.4, -0.2) is 50.5 Å². The zero-order valence-corrected chi connectivity index (χ0v) is 21.3. The van der Waals surface area contributed by atoms with E-state index in [4.69, 9.17) is 11.6 Å². The summed E-state index contributed by atoms with van der Waals surface area (Å²) in [7, 11) is -3.78. The van der Waals surface area contributed by atoms with Crippen molar-refractivity contribution >= 4 is 39.1 Å². The lowest BCUT2D eigenvalue weighted by Crippen LogP contribution is -2.51. The largest absolute Gasteiger partial charge is 0.354 e. The van der Waals surface area contributed by atoms with Gasteiger partial charge in [0, 0.05) is 18.1 Å². The molecule has 0 spiro atoms. The van der Waals surface area contributed by atoms with Crippen molar-refractivity contribution in [3.63, 3.8) is 0 Å². The molecule has 0 saturated heterocycles. The van der Waals surface area contributed by atoms with Gasteiger partial charge >= 0.3 is 0 Å². The molecule has 180 valence electrons. The van der Waals surface area contributed by atoms with Gasteiger partial charge in [0.15, 0.2) is 0 Å². The summed E-state index contributed by atoms with van der Waals surface area (Å²) < 4.78 is 26.0. The van der Waals surface area contributed by atoms with Crippen molar-refractivity contribution in [1.82, 2.24) is 10.2 Å². The predicted molar refractivity (Wildman–Crippen MR) is 133 cm³/mol. The highest BCUT2D eigenvalue weighted by molar-refractivity contribution is 7.92. The summed E-state index contributed by atoms with van der Waals surface area (Å²) >= 11 is 6.04. The van der Waals surface area contributed by atoms with Crippen LogP contribution in [0.2, 0.25) is 5.02 Å². The Balaban J connectivity index is 2.35. The van der Waals surface area contributed by atoms with Crippen LogP contribution in [0.25, 0.3) is 0 Å². The van der Waals surface area contributed by atoms with Gasteiger partial charge in [-0.1, -0.05) is 61.3 Å². The van der Waals surface area contributed by atoms with E-state index >= 15 is 0 Å². The number of halogens is 1. The Morgan fingerprint density at radius 2 is 1.70 bits per heavy atom. The van der Waals surface area contributed by atoms with E-state index in [2.05, 4.69) is 5.32 Å². The van der Waals surface area contributed by atoms with Gasteiger partial charge in [-0.15, -0.1) is 0 Å². The molecule has 2 amide bonds. The van der Waals surface area contributed by atoms with E-state index in [1.54, 1.807) is 25.1 Å². The van der Waals surface area contributed by atoms with Gasteiger partial charge in [-0.05, 0) is 43.5 Å². The average molecular weight is 494 g/mol. The van der Waals surface area contributed by atoms with Crippen LogP contribution in [-0.2, 0) is 26.2 Å². The van der Waals surface area contributed by atoms with Gasteiger partial charge < -0.3 is 10.2 Å². The van der Waals surface area contributed by atoms with Crippen LogP contribution >= 0.6 is 11.6 Å². The van der Waals surface area contributed by atoms with Crippen molar-refractivity contribution in [2.24, 2.45) is 5.92 Å². The molecule has 0 bridgehead atoms. The minimum absolute atomic E-state index is 0.169. The number of hydrogen-bond donors (Lipinski definition) is 1. The fourth-order valence-electron chi connectivity index (χ4n) is 3.17. The van der Waals surface area contributed by atoms with Crippen LogP contribution in [0.3, 0.4) is 0 Å². The molecule has 2 aromatic rings. The lowest BCUT2D eigenvalue weighted by atomic mass is 10.1. The summed E-state index contributed by atoms with van der Waals surface area (Å²) in [6, 6.07) is 13.1. The van der Waals surface area contributed by atoms with E-state index in [1.165, 1.54) is 11.0 Å². The minimum Gasteiger partial charge on any atom is -0.354 e. The molecule has 9 heteroatoms. The summed E-state index contributed by atoms with van der Waals surface area (Å²) in [6.07, 6.45) is 1.03. The number of nitrogens with zero attached hydrogens (tertiary/aromatic N) is 2. The molecule has 0 aliphatic carbocycles. The van der Waals surface area contributed by atoms with Crippen LogP contribution in [0.1, 0.15) is 31.9 Å². The first-order chi connectivity index (χ1) is 15.4. The van der Waals surface area contributed by atoms with Gasteiger partial charge in [-0.3, -0.25) is 13.9 Å². The van der Waals surface area contributed by atoms with E-state index in [-0.39, 0.29) is 24.1 Å². The molecule has 0 radical (unpaired) electrons. The fraction of sp³-hybridized carbons (Fsp3) is 0.417. The Hall–Kier alpha value is -2.58. The number of nitrogens with one attached hydrogen (secondary N) is 1. The van der Waals surface area contributed by atoms with Crippen LogP contribution in [0, 0.1) is 12.8 Å². The lowest BCUT2D eigenvalue weighted by Gasteiger charge is -2.31. The number of carbonyl (C=O) groups excluding carboxylic acids is 2. The maximum Gasteiger partial charge on any atom is 0.244 e. The molecular formula is C24H32ClN3O4S. The molecule has 1 N–H and O–H groups in total. The van der Waals surface area contributed by atoms with Crippen molar-refractivity contribution in [2.75, 3.05) is 23.7 Å². The van der Waals surface area contributed by atoms with Crippen LogP contribution in [0.5, 0.6) is 0 Å². The van der Waals surface area contributed by atoms with E-state index < -0.39 is 28.5 Å². The Labute approximate surface area is 201 Å². The van der Waals surface area contributed by atoms with Crippen molar-refractivity contribution in [3.05, 3.63) is 64.7 Å². The normalized spacial score (nSPS) is 12.3. The fourth-order valence-corrected chi connectivity index (χ4v) is 4.20. The number of hydrogen-bond acceptors (Lipinski definition) is 4. The Morgan fingerprint density at radius 3 is 2.24 bits per heavy atom. The van der Waals surface area contributed by atoms with E-state index in [9.17, 15) is 18.0 Å². The SMILES string of the molecule is Cc1ccc(CN(C(=O)CN(c2cccc(Cl)c2)S(C)(=O)=O)C(C)C(=O)NCC(C)C)cc1. The summed E-state index contributed by atoms with van der Waals surface area (Å²) in [5.74, 6) is -0.531. The summed E-state index contributed by atoms with van der Waals surface area (Å²) in [5.41, 5.74) is 2.19. The molecule has 0 heterocycles. The third-order valence-corrected chi connectivity index (χ3v) is 6.48. The topological polar surface area (TPSA) is 86.8 Å². The molecule has 0 saturated carbocycles. The Morgan fingerprint density at radius 1 is 1.06 bits per heavy atom. The molecule has 2 rings (SSSR count). The first kappa shape index (κ1) is 26.7. The molecule has 7 nitrogen and oxygen atoms in total. The van der Waals surface area contributed by atoms with Crippen molar-refractivity contribution in [3.8, 4) is 0 Å². The number of benzene rings is 2. The van der Waals surface area contributed by atoms with Gasteiger partial charge in [0.1, 0.15) is 12.6 Å². The predicted octanol–water partition coefficient (Wildman–Crippen LogP) is 3.60.